The van der Waals surface area contributed by atoms with Gasteiger partial charge < -0.3 is 0 Å². The number of rotatable bonds is 17. The van der Waals surface area contributed by atoms with Crippen LogP contribution >= 0.6 is 0 Å². The SMILES string of the molecule is CCCCCCCCCCCCCCCCCCc1cc[n+](C)cc1. The third kappa shape index (κ3) is 14.0. The lowest BCUT2D eigenvalue weighted by Gasteiger charge is -2.04. The smallest absolute Gasteiger partial charge is 0.168 e. The predicted octanol–water partition coefficient (Wildman–Crippen LogP) is 7.32. The summed E-state index contributed by atoms with van der Waals surface area (Å²) in [5, 5.41) is 0. The van der Waals surface area contributed by atoms with Crippen molar-refractivity contribution in [1.29, 1.82) is 0 Å². The second-order valence-corrected chi connectivity index (χ2v) is 7.93. The van der Waals surface area contributed by atoms with Crippen LogP contribution < -0.4 is 4.57 Å². The third-order valence-electron chi connectivity index (χ3n) is 5.37. The van der Waals surface area contributed by atoms with E-state index in [0.29, 0.717) is 0 Å². The molecule has 0 bridgehead atoms. The van der Waals surface area contributed by atoms with Crippen molar-refractivity contribution < 1.29 is 4.57 Å². The van der Waals surface area contributed by atoms with Crippen molar-refractivity contribution in [1.82, 2.24) is 0 Å². The Bertz CT molecular complexity index is 382. The molecule has 0 saturated heterocycles. The zero-order chi connectivity index (χ0) is 18.0. The molecule has 144 valence electrons. The van der Waals surface area contributed by atoms with E-state index in [1.807, 2.05) is 0 Å². The molecule has 0 aliphatic carbocycles. The molecule has 0 radical (unpaired) electrons. The molecular formula is C24H44N+. The molecule has 0 aliphatic heterocycles. The summed E-state index contributed by atoms with van der Waals surface area (Å²) in [7, 11) is 2.08. The first-order valence-electron chi connectivity index (χ1n) is 11.3. The van der Waals surface area contributed by atoms with Gasteiger partial charge in [0.1, 0.15) is 7.05 Å². The Balaban J connectivity index is 1.74. The highest BCUT2D eigenvalue weighted by molar-refractivity contribution is 5.06. The van der Waals surface area contributed by atoms with Gasteiger partial charge in [-0.3, -0.25) is 0 Å². The first-order chi connectivity index (χ1) is 12.3. The molecule has 0 unspecified atom stereocenters. The number of aromatic nitrogens is 1. The Labute approximate surface area is 158 Å². The van der Waals surface area contributed by atoms with Crippen molar-refractivity contribution in [2.75, 3.05) is 0 Å². The molecule has 0 N–H and O–H groups in total. The minimum Gasteiger partial charge on any atom is -0.208 e. The molecule has 0 amide bonds. The fourth-order valence-electron chi connectivity index (χ4n) is 3.58. The van der Waals surface area contributed by atoms with Crippen molar-refractivity contribution in [2.24, 2.45) is 7.05 Å². The van der Waals surface area contributed by atoms with Crippen molar-refractivity contribution in [2.45, 2.75) is 116 Å². The van der Waals surface area contributed by atoms with Gasteiger partial charge in [0.25, 0.3) is 0 Å². The molecule has 1 heterocycles. The van der Waals surface area contributed by atoms with E-state index in [1.165, 1.54) is 115 Å². The normalized spacial score (nSPS) is 11.1. The molecule has 1 heteroatoms. The van der Waals surface area contributed by atoms with E-state index in [2.05, 4.69) is 43.1 Å². The molecule has 0 spiro atoms. The lowest BCUT2D eigenvalue weighted by Crippen LogP contribution is -2.25. The number of aryl methyl sites for hydroxylation is 2. The van der Waals surface area contributed by atoms with Crippen LogP contribution in [0, 0.1) is 0 Å². The van der Waals surface area contributed by atoms with Crippen molar-refractivity contribution >= 4 is 0 Å². The van der Waals surface area contributed by atoms with Crippen LogP contribution in [0.1, 0.15) is 115 Å². The summed E-state index contributed by atoms with van der Waals surface area (Å²) >= 11 is 0. The van der Waals surface area contributed by atoms with Crippen LogP contribution in [0.15, 0.2) is 24.5 Å². The molecule has 25 heavy (non-hydrogen) atoms. The fraction of sp³-hybridized carbons (Fsp3) is 0.792. The van der Waals surface area contributed by atoms with Crippen molar-refractivity contribution in [3.8, 4) is 0 Å². The average Bonchev–Trinajstić information content (AvgIpc) is 2.63. The van der Waals surface area contributed by atoms with E-state index < -0.39 is 0 Å². The summed E-state index contributed by atoms with van der Waals surface area (Å²) in [5.41, 5.74) is 1.49. The van der Waals surface area contributed by atoms with E-state index in [-0.39, 0.29) is 0 Å². The molecular weight excluding hydrogens is 302 g/mol. The highest BCUT2D eigenvalue weighted by Gasteiger charge is 1.97. The van der Waals surface area contributed by atoms with E-state index >= 15 is 0 Å². The lowest BCUT2D eigenvalue weighted by atomic mass is 10.0. The zero-order valence-electron chi connectivity index (χ0n) is 17.3. The third-order valence-corrected chi connectivity index (χ3v) is 5.37. The van der Waals surface area contributed by atoms with Gasteiger partial charge in [0.2, 0.25) is 0 Å². The maximum Gasteiger partial charge on any atom is 0.168 e. The summed E-state index contributed by atoms with van der Waals surface area (Å²) < 4.78 is 2.11. The number of nitrogens with zero attached hydrogens (tertiary/aromatic N) is 1. The van der Waals surface area contributed by atoms with Gasteiger partial charge in [-0.05, 0) is 18.4 Å². The summed E-state index contributed by atoms with van der Waals surface area (Å²) in [5.74, 6) is 0. The molecule has 0 atom stereocenters. The standard InChI is InChI=1S/C24H44N/c1-3-4-5-6-7-8-9-10-11-12-13-14-15-16-17-18-19-24-20-22-25(2)23-21-24/h20-23H,3-19H2,1-2H3/q+1. The van der Waals surface area contributed by atoms with Gasteiger partial charge in [0.15, 0.2) is 12.4 Å². The Kier molecular flexibility index (Phi) is 14.7. The molecule has 0 aliphatic rings. The van der Waals surface area contributed by atoms with Crippen LogP contribution in [0.3, 0.4) is 0 Å². The fourth-order valence-corrected chi connectivity index (χ4v) is 3.58. The quantitative estimate of drug-likeness (QED) is 0.205. The van der Waals surface area contributed by atoms with E-state index in [1.54, 1.807) is 0 Å². The zero-order valence-corrected chi connectivity index (χ0v) is 17.3. The average molecular weight is 347 g/mol. The van der Waals surface area contributed by atoms with Crippen LogP contribution in [0.2, 0.25) is 0 Å². The van der Waals surface area contributed by atoms with Crippen LogP contribution in [-0.4, -0.2) is 0 Å². The van der Waals surface area contributed by atoms with Crippen LogP contribution in [0.25, 0.3) is 0 Å². The van der Waals surface area contributed by atoms with Gasteiger partial charge in [-0.1, -0.05) is 103 Å². The predicted molar refractivity (Wildman–Crippen MR) is 111 cm³/mol. The maximum absolute atomic E-state index is 2.30. The van der Waals surface area contributed by atoms with Gasteiger partial charge in [0, 0.05) is 12.1 Å². The van der Waals surface area contributed by atoms with Crippen LogP contribution in [-0.2, 0) is 13.5 Å². The van der Waals surface area contributed by atoms with Crippen LogP contribution in [0.4, 0.5) is 0 Å². The molecule has 0 aromatic carbocycles. The van der Waals surface area contributed by atoms with Gasteiger partial charge >= 0.3 is 0 Å². The maximum atomic E-state index is 2.30. The number of hydrogen-bond acceptors (Lipinski definition) is 0. The van der Waals surface area contributed by atoms with Gasteiger partial charge in [-0.2, -0.15) is 0 Å². The highest BCUT2D eigenvalue weighted by Crippen LogP contribution is 2.14. The molecule has 1 nitrogen and oxygen atoms in total. The molecule has 0 fully saturated rings. The van der Waals surface area contributed by atoms with E-state index in [0.717, 1.165) is 0 Å². The van der Waals surface area contributed by atoms with E-state index in [4.69, 9.17) is 0 Å². The topological polar surface area (TPSA) is 3.88 Å². The minimum absolute atomic E-state index is 1.25. The molecule has 1 rings (SSSR count). The molecule has 0 saturated carbocycles. The second kappa shape index (κ2) is 16.6. The first kappa shape index (κ1) is 22.2. The Hall–Kier alpha value is -0.850. The lowest BCUT2D eigenvalue weighted by molar-refractivity contribution is -0.671. The minimum atomic E-state index is 1.25. The molecule has 1 aromatic rings. The Morgan fingerprint density at radius 3 is 1.32 bits per heavy atom. The first-order valence-corrected chi connectivity index (χ1v) is 11.3. The summed E-state index contributed by atoms with van der Waals surface area (Å²) in [4.78, 5) is 0. The van der Waals surface area contributed by atoms with Gasteiger partial charge in [-0.25, -0.2) is 4.57 Å². The number of unbranched alkanes of at least 4 members (excludes halogenated alkanes) is 15. The molecule has 1 aromatic heterocycles. The summed E-state index contributed by atoms with van der Waals surface area (Å²) in [6, 6.07) is 4.51. The Morgan fingerprint density at radius 2 is 0.920 bits per heavy atom. The van der Waals surface area contributed by atoms with Crippen LogP contribution in [0.5, 0.6) is 0 Å². The van der Waals surface area contributed by atoms with Gasteiger partial charge in [0.05, 0.1) is 0 Å². The highest BCUT2D eigenvalue weighted by atomic mass is 14.9. The van der Waals surface area contributed by atoms with Gasteiger partial charge in [-0.15, -0.1) is 0 Å². The van der Waals surface area contributed by atoms with Crippen molar-refractivity contribution in [3.63, 3.8) is 0 Å². The largest absolute Gasteiger partial charge is 0.208 e. The number of pyridine rings is 1. The number of hydrogen-bond donors (Lipinski definition) is 0. The van der Waals surface area contributed by atoms with Crippen molar-refractivity contribution in [3.05, 3.63) is 30.1 Å². The van der Waals surface area contributed by atoms with E-state index in [9.17, 15) is 0 Å². The monoisotopic (exact) mass is 346 g/mol. The Morgan fingerprint density at radius 1 is 0.560 bits per heavy atom. The summed E-state index contributed by atoms with van der Waals surface area (Å²) in [6.45, 7) is 2.30. The summed E-state index contributed by atoms with van der Waals surface area (Å²) in [6.07, 6.45) is 28.7. The second-order valence-electron chi connectivity index (χ2n) is 7.93.